The third-order valence-electron chi connectivity index (χ3n) is 7.07. The van der Waals surface area contributed by atoms with E-state index >= 15 is 0 Å². The van der Waals surface area contributed by atoms with E-state index in [1.54, 1.807) is 0 Å². The molecule has 0 amide bonds. The largest absolute Gasteiger partial charge is 0.487 e. The summed E-state index contributed by atoms with van der Waals surface area (Å²) >= 11 is 6.04. The molecule has 1 aliphatic rings. The van der Waals surface area contributed by atoms with Crippen LogP contribution in [0.15, 0.2) is 72.8 Å². The predicted octanol–water partition coefficient (Wildman–Crippen LogP) is 6.97. The van der Waals surface area contributed by atoms with Crippen LogP contribution in [0.1, 0.15) is 37.1 Å². The number of rotatable bonds is 10. The zero-order valence-electron chi connectivity index (χ0n) is 20.9. The van der Waals surface area contributed by atoms with E-state index in [1.807, 2.05) is 48.5 Å². The number of ether oxygens (including phenoxy) is 2. The van der Waals surface area contributed by atoms with Crippen LogP contribution in [0.25, 0.3) is 11.0 Å². The van der Waals surface area contributed by atoms with Crippen LogP contribution < -0.4 is 9.47 Å². The second-order valence-electron chi connectivity index (χ2n) is 9.71. The van der Waals surface area contributed by atoms with E-state index in [9.17, 15) is 0 Å². The van der Waals surface area contributed by atoms with Gasteiger partial charge in [-0.2, -0.15) is 0 Å². The van der Waals surface area contributed by atoms with Gasteiger partial charge in [-0.25, -0.2) is 4.98 Å². The lowest BCUT2D eigenvalue weighted by Crippen LogP contribution is -2.30. The van der Waals surface area contributed by atoms with E-state index in [-0.39, 0.29) is 0 Å². The van der Waals surface area contributed by atoms with Crippen molar-refractivity contribution in [1.82, 2.24) is 14.5 Å². The Bertz CT molecular complexity index is 1250. The second kappa shape index (κ2) is 11.8. The Morgan fingerprint density at radius 2 is 1.67 bits per heavy atom. The SMILES string of the molecule is CN1CCC(CCCn2c(COc3ccc(Cl)cc3)nc3c(OCc4ccccc4)cccc32)CC1. The van der Waals surface area contributed by atoms with Crippen molar-refractivity contribution in [3.63, 3.8) is 0 Å². The number of benzene rings is 3. The second-order valence-corrected chi connectivity index (χ2v) is 10.1. The maximum atomic E-state index is 6.22. The zero-order valence-corrected chi connectivity index (χ0v) is 21.7. The monoisotopic (exact) mass is 503 g/mol. The molecule has 0 unspecified atom stereocenters. The molecule has 36 heavy (non-hydrogen) atoms. The Kier molecular flexibility index (Phi) is 8.09. The normalized spacial score (nSPS) is 14.8. The van der Waals surface area contributed by atoms with Crippen LogP contribution in [0.5, 0.6) is 11.5 Å². The van der Waals surface area contributed by atoms with Crippen LogP contribution in [0.3, 0.4) is 0 Å². The van der Waals surface area contributed by atoms with Crippen molar-refractivity contribution in [3.05, 3.63) is 89.2 Å². The van der Waals surface area contributed by atoms with Crippen molar-refractivity contribution in [2.45, 2.75) is 45.4 Å². The summed E-state index contributed by atoms with van der Waals surface area (Å²) in [4.78, 5) is 7.45. The number of aryl methyl sites for hydroxylation is 1. The zero-order chi connectivity index (χ0) is 24.7. The summed E-state index contributed by atoms with van der Waals surface area (Å²) in [5, 5.41) is 0.698. The van der Waals surface area contributed by atoms with Gasteiger partial charge in [0, 0.05) is 11.6 Å². The molecule has 3 aromatic carbocycles. The highest BCUT2D eigenvalue weighted by atomic mass is 35.5. The number of aromatic nitrogens is 2. The Hall–Kier alpha value is -3.02. The van der Waals surface area contributed by atoms with Crippen molar-refractivity contribution in [2.75, 3.05) is 20.1 Å². The smallest absolute Gasteiger partial charge is 0.148 e. The molecular formula is C30H34ClN3O2. The van der Waals surface area contributed by atoms with Gasteiger partial charge >= 0.3 is 0 Å². The molecule has 1 aromatic heterocycles. The fourth-order valence-electron chi connectivity index (χ4n) is 4.95. The number of imidazole rings is 1. The maximum absolute atomic E-state index is 6.22. The van der Waals surface area contributed by atoms with Gasteiger partial charge in [0.05, 0.1) is 5.52 Å². The van der Waals surface area contributed by atoms with Crippen LogP contribution in [-0.2, 0) is 19.8 Å². The van der Waals surface area contributed by atoms with Crippen molar-refractivity contribution in [2.24, 2.45) is 5.92 Å². The van der Waals surface area contributed by atoms with E-state index in [0.29, 0.717) is 18.2 Å². The first kappa shape index (κ1) is 24.7. The van der Waals surface area contributed by atoms with Crippen LogP contribution in [-0.4, -0.2) is 34.6 Å². The topological polar surface area (TPSA) is 39.5 Å². The van der Waals surface area contributed by atoms with Gasteiger partial charge in [0.2, 0.25) is 0 Å². The van der Waals surface area contributed by atoms with E-state index < -0.39 is 0 Å². The molecule has 0 bridgehead atoms. The summed E-state index contributed by atoms with van der Waals surface area (Å²) in [7, 11) is 2.22. The van der Waals surface area contributed by atoms with E-state index in [4.69, 9.17) is 26.1 Å². The minimum Gasteiger partial charge on any atom is -0.487 e. The van der Waals surface area contributed by atoms with Crippen LogP contribution in [0, 0.1) is 5.92 Å². The highest BCUT2D eigenvalue weighted by Crippen LogP contribution is 2.29. The number of nitrogens with zero attached hydrogens (tertiary/aromatic N) is 3. The van der Waals surface area contributed by atoms with Crippen molar-refractivity contribution in [1.29, 1.82) is 0 Å². The Morgan fingerprint density at radius 3 is 2.44 bits per heavy atom. The van der Waals surface area contributed by atoms with Gasteiger partial charge in [-0.05, 0) is 93.7 Å². The number of hydrogen-bond donors (Lipinski definition) is 0. The van der Waals surface area contributed by atoms with Crippen molar-refractivity contribution < 1.29 is 9.47 Å². The van der Waals surface area contributed by atoms with Gasteiger partial charge in [0.15, 0.2) is 0 Å². The molecule has 1 saturated heterocycles. The Morgan fingerprint density at radius 1 is 0.889 bits per heavy atom. The van der Waals surface area contributed by atoms with Crippen LogP contribution in [0.2, 0.25) is 5.02 Å². The highest BCUT2D eigenvalue weighted by molar-refractivity contribution is 6.30. The summed E-state index contributed by atoms with van der Waals surface area (Å²) in [5.41, 5.74) is 3.12. The first-order chi connectivity index (χ1) is 17.7. The van der Waals surface area contributed by atoms with E-state index in [0.717, 1.165) is 52.8 Å². The fourth-order valence-corrected chi connectivity index (χ4v) is 5.07. The molecule has 5 nitrogen and oxygen atoms in total. The standard InChI is InChI=1S/C30H34ClN3O2/c1-33-19-16-23(17-20-33)9-6-18-34-27-10-5-11-28(36-21-24-7-3-2-4-8-24)30(27)32-29(34)22-35-26-14-12-25(31)13-15-26/h2-5,7-8,10-15,23H,6,9,16-22H2,1H3. The molecule has 0 aliphatic carbocycles. The molecule has 1 fully saturated rings. The molecule has 2 heterocycles. The number of piperidine rings is 1. The lowest BCUT2D eigenvalue weighted by atomic mass is 9.92. The number of likely N-dealkylation sites (tertiary alicyclic amines) is 1. The van der Waals surface area contributed by atoms with Gasteiger partial charge in [-0.3, -0.25) is 0 Å². The highest BCUT2D eigenvalue weighted by Gasteiger charge is 2.18. The number of hydrogen-bond acceptors (Lipinski definition) is 4. The molecule has 4 aromatic rings. The molecule has 1 aliphatic heterocycles. The Balaban J connectivity index is 1.35. The minimum absolute atomic E-state index is 0.392. The Labute approximate surface area is 218 Å². The van der Waals surface area contributed by atoms with E-state index in [1.165, 1.54) is 32.4 Å². The maximum Gasteiger partial charge on any atom is 0.148 e. The predicted molar refractivity (Wildman–Crippen MR) is 146 cm³/mol. The van der Waals surface area contributed by atoms with Gasteiger partial charge in [-0.1, -0.05) is 48.0 Å². The summed E-state index contributed by atoms with van der Waals surface area (Å²) in [5.74, 6) is 3.32. The number of halogens is 1. The average Bonchev–Trinajstić information content (AvgIpc) is 3.27. The molecule has 0 saturated carbocycles. The van der Waals surface area contributed by atoms with Gasteiger partial charge < -0.3 is 18.9 Å². The van der Waals surface area contributed by atoms with Crippen LogP contribution >= 0.6 is 11.6 Å². The fraction of sp³-hybridized carbons (Fsp3) is 0.367. The third-order valence-corrected chi connectivity index (χ3v) is 7.32. The summed E-state index contributed by atoms with van der Waals surface area (Å²) < 4.78 is 14.6. The molecule has 188 valence electrons. The van der Waals surface area contributed by atoms with Gasteiger partial charge in [-0.15, -0.1) is 0 Å². The number of fused-ring (bicyclic) bond motifs is 1. The number of para-hydroxylation sites is 1. The summed E-state index contributed by atoms with van der Waals surface area (Å²) in [6.45, 7) is 4.24. The molecular weight excluding hydrogens is 470 g/mol. The molecule has 6 heteroatoms. The van der Waals surface area contributed by atoms with Crippen LogP contribution in [0.4, 0.5) is 0 Å². The first-order valence-corrected chi connectivity index (χ1v) is 13.3. The molecule has 0 spiro atoms. The summed E-state index contributed by atoms with van der Waals surface area (Å²) in [6, 6.07) is 23.9. The first-order valence-electron chi connectivity index (χ1n) is 12.9. The molecule has 5 rings (SSSR count). The quantitative estimate of drug-likeness (QED) is 0.234. The third kappa shape index (κ3) is 6.21. The van der Waals surface area contributed by atoms with Crippen molar-refractivity contribution in [3.8, 4) is 11.5 Å². The summed E-state index contributed by atoms with van der Waals surface area (Å²) in [6.07, 6.45) is 4.97. The van der Waals surface area contributed by atoms with Gasteiger partial charge in [0.25, 0.3) is 0 Å². The lowest BCUT2D eigenvalue weighted by molar-refractivity contribution is 0.208. The van der Waals surface area contributed by atoms with Gasteiger partial charge in [0.1, 0.15) is 36.1 Å². The average molecular weight is 504 g/mol. The van der Waals surface area contributed by atoms with Crippen molar-refractivity contribution >= 4 is 22.6 Å². The lowest BCUT2D eigenvalue weighted by Gasteiger charge is -2.28. The minimum atomic E-state index is 0.392. The molecule has 0 atom stereocenters. The van der Waals surface area contributed by atoms with E-state index in [2.05, 4.69) is 40.8 Å². The molecule has 0 radical (unpaired) electrons. The molecule has 0 N–H and O–H groups in total.